The SMILES string of the molecule is Cc1ccc(S(=O)(=O)N2CC[NH+](CC(=O)N[C@H]3CCCC[C@H]3C)CC2)c(C)c1. The maximum atomic E-state index is 13.0. The molecule has 2 aliphatic rings. The minimum Gasteiger partial charge on any atom is -0.348 e. The van der Waals surface area contributed by atoms with E-state index in [0.29, 0.717) is 49.6 Å². The van der Waals surface area contributed by atoms with Gasteiger partial charge in [-0.3, -0.25) is 4.79 Å². The van der Waals surface area contributed by atoms with Crippen LogP contribution in [0.5, 0.6) is 0 Å². The van der Waals surface area contributed by atoms with E-state index in [1.807, 2.05) is 26.0 Å². The van der Waals surface area contributed by atoms with Crippen molar-refractivity contribution in [3.8, 4) is 0 Å². The lowest BCUT2D eigenvalue weighted by atomic mass is 9.86. The third kappa shape index (κ3) is 4.93. The van der Waals surface area contributed by atoms with Gasteiger partial charge in [-0.1, -0.05) is 37.5 Å². The fourth-order valence-corrected chi connectivity index (χ4v) is 6.11. The van der Waals surface area contributed by atoms with Gasteiger partial charge in [0, 0.05) is 6.04 Å². The van der Waals surface area contributed by atoms with Crippen LogP contribution in [-0.2, 0) is 14.8 Å². The molecule has 2 fully saturated rings. The Morgan fingerprint density at radius 2 is 1.86 bits per heavy atom. The number of piperazine rings is 1. The molecule has 0 aromatic heterocycles. The Morgan fingerprint density at radius 3 is 2.50 bits per heavy atom. The molecule has 1 saturated carbocycles. The number of rotatable bonds is 5. The second-order valence-corrected chi connectivity index (χ2v) is 10.4. The van der Waals surface area contributed by atoms with Gasteiger partial charge in [0.25, 0.3) is 5.91 Å². The highest BCUT2D eigenvalue weighted by atomic mass is 32.2. The summed E-state index contributed by atoms with van der Waals surface area (Å²) < 4.78 is 27.5. The maximum Gasteiger partial charge on any atom is 0.275 e. The number of amides is 1. The topological polar surface area (TPSA) is 70.9 Å². The summed E-state index contributed by atoms with van der Waals surface area (Å²) in [6, 6.07) is 5.76. The van der Waals surface area contributed by atoms with Gasteiger partial charge in [0.1, 0.15) is 0 Å². The van der Waals surface area contributed by atoms with Crippen molar-refractivity contribution >= 4 is 15.9 Å². The Bertz CT molecular complexity index is 801. The van der Waals surface area contributed by atoms with Crippen molar-refractivity contribution < 1.29 is 18.1 Å². The van der Waals surface area contributed by atoms with Gasteiger partial charge in [-0.05, 0) is 44.2 Å². The van der Waals surface area contributed by atoms with Crippen LogP contribution in [0.25, 0.3) is 0 Å². The van der Waals surface area contributed by atoms with Crippen molar-refractivity contribution in [1.82, 2.24) is 9.62 Å². The molecular weight excluding hydrogens is 374 g/mol. The fraction of sp³-hybridized carbons (Fsp3) is 0.667. The Balaban J connectivity index is 1.53. The highest BCUT2D eigenvalue weighted by Crippen LogP contribution is 2.23. The van der Waals surface area contributed by atoms with Crippen molar-refractivity contribution in [3.63, 3.8) is 0 Å². The number of carbonyl (C=O) groups is 1. The van der Waals surface area contributed by atoms with Crippen LogP contribution in [0.15, 0.2) is 23.1 Å². The van der Waals surface area contributed by atoms with Crippen molar-refractivity contribution in [1.29, 1.82) is 0 Å². The molecule has 1 aromatic carbocycles. The van der Waals surface area contributed by atoms with Crippen LogP contribution in [0.4, 0.5) is 0 Å². The molecule has 0 unspecified atom stereocenters. The third-order valence-electron chi connectivity index (χ3n) is 6.25. The van der Waals surface area contributed by atoms with Gasteiger partial charge in [-0.2, -0.15) is 4.31 Å². The van der Waals surface area contributed by atoms with Crippen LogP contribution in [0.3, 0.4) is 0 Å². The molecule has 156 valence electrons. The lowest BCUT2D eigenvalue weighted by Gasteiger charge is -2.33. The van der Waals surface area contributed by atoms with Gasteiger partial charge in [-0.15, -0.1) is 0 Å². The van der Waals surface area contributed by atoms with Gasteiger partial charge in [0.2, 0.25) is 10.0 Å². The van der Waals surface area contributed by atoms with Crippen LogP contribution < -0.4 is 10.2 Å². The van der Waals surface area contributed by atoms with E-state index in [2.05, 4.69) is 12.2 Å². The summed E-state index contributed by atoms with van der Waals surface area (Å²) in [5.41, 5.74) is 1.85. The molecule has 1 aliphatic heterocycles. The molecule has 3 rings (SSSR count). The molecule has 7 heteroatoms. The molecule has 0 bridgehead atoms. The lowest BCUT2D eigenvalue weighted by molar-refractivity contribution is -0.895. The lowest BCUT2D eigenvalue weighted by Crippen LogP contribution is -3.15. The number of sulfonamides is 1. The van der Waals surface area contributed by atoms with Gasteiger partial charge in [-0.25, -0.2) is 8.42 Å². The first-order chi connectivity index (χ1) is 13.3. The van der Waals surface area contributed by atoms with Crippen molar-refractivity contribution in [2.45, 2.75) is 57.4 Å². The second-order valence-electron chi connectivity index (χ2n) is 8.54. The molecule has 1 heterocycles. The first kappa shape index (κ1) is 21.3. The van der Waals surface area contributed by atoms with Crippen LogP contribution in [0.1, 0.15) is 43.7 Å². The van der Waals surface area contributed by atoms with E-state index in [-0.39, 0.29) is 5.91 Å². The number of nitrogens with zero attached hydrogens (tertiary/aromatic N) is 1. The molecule has 28 heavy (non-hydrogen) atoms. The Kier molecular flexibility index (Phi) is 6.78. The van der Waals surface area contributed by atoms with E-state index in [1.165, 1.54) is 19.3 Å². The number of quaternary nitrogens is 1. The molecule has 1 aliphatic carbocycles. The summed E-state index contributed by atoms with van der Waals surface area (Å²) in [7, 11) is -3.47. The normalized spacial score (nSPS) is 24.8. The van der Waals surface area contributed by atoms with Crippen LogP contribution in [0.2, 0.25) is 0 Å². The first-order valence-corrected chi connectivity index (χ1v) is 11.9. The van der Waals surface area contributed by atoms with E-state index >= 15 is 0 Å². The molecule has 0 radical (unpaired) electrons. The van der Waals surface area contributed by atoms with Crippen molar-refractivity contribution in [2.75, 3.05) is 32.7 Å². The van der Waals surface area contributed by atoms with Crippen molar-refractivity contribution in [3.05, 3.63) is 29.3 Å². The monoisotopic (exact) mass is 408 g/mol. The predicted octanol–water partition coefficient (Wildman–Crippen LogP) is 0.888. The number of carbonyl (C=O) groups excluding carboxylic acids is 1. The summed E-state index contributed by atoms with van der Waals surface area (Å²) in [6.45, 7) is 8.70. The molecule has 1 aromatic rings. The van der Waals surface area contributed by atoms with Gasteiger partial charge >= 0.3 is 0 Å². The highest BCUT2D eigenvalue weighted by Gasteiger charge is 2.32. The summed E-state index contributed by atoms with van der Waals surface area (Å²) >= 11 is 0. The number of hydrogen-bond acceptors (Lipinski definition) is 3. The molecule has 6 nitrogen and oxygen atoms in total. The van der Waals surface area contributed by atoms with E-state index in [0.717, 1.165) is 22.4 Å². The van der Waals surface area contributed by atoms with E-state index in [1.54, 1.807) is 10.4 Å². The summed E-state index contributed by atoms with van der Waals surface area (Å²) in [4.78, 5) is 14.0. The van der Waals surface area contributed by atoms with E-state index in [9.17, 15) is 13.2 Å². The van der Waals surface area contributed by atoms with Crippen LogP contribution in [-0.4, -0.2) is 57.4 Å². The number of hydrogen-bond donors (Lipinski definition) is 2. The van der Waals surface area contributed by atoms with Crippen LogP contribution >= 0.6 is 0 Å². The zero-order chi connectivity index (χ0) is 20.3. The molecular formula is C21H34N3O3S+. The largest absolute Gasteiger partial charge is 0.348 e. The van der Waals surface area contributed by atoms with Gasteiger partial charge < -0.3 is 10.2 Å². The average Bonchev–Trinajstić information content (AvgIpc) is 2.64. The predicted molar refractivity (Wildman–Crippen MR) is 110 cm³/mol. The summed E-state index contributed by atoms with van der Waals surface area (Å²) in [5, 5.41) is 3.20. The van der Waals surface area contributed by atoms with Gasteiger partial charge in [0.05, 0.1) is 31.1 Å². The quantitative estimate of drug-likeness (QED) is 0.760. The van der Waals surface area contributed by atoms with Crippen LogP contribution in [0, 0.1) is 19.8 Å². The van der Waals surface area contributed by atoms with E-state index in [4.69, 9.17) is 0 Å². The summed E-state index contributed by atoms with van der Waals surface area (Å²) in [5.74, 6) is 0.645. The Labute approximate surface area is 169 Å². The zero-order valence-corrected chi connectivity index (χ0v) is 18.1. The molecule has 2 N–H and O–H groups in total. The van der Waals surface area contributed by atoms with E-state index < -0.39 is 10.0 Å². The number of aryl methyl sites for hydroxylation is 2. The standard InChI is InChI=1S/C21H33N3O3S/c1-16-8-9-20(18(3)14-16)28(26,27)24-12-10-23(11-13-24)15-21(25)22-19-7-5-4-6-17(19)2/h8-9,14,17,19H,4-7,10-13,15H2,1-3H3,(H,22,25)/p+1/t17-,19+/m1/s1. The fourth-order valence-electron chi connectivity index (χ4n) is 4.46. The smallest absolute Gasteiger partial charge is 0.275 e. The molecule has 1 amide bonds. The van der Waals surface area contributed by atoms with Gasteiger partial charge in [0.15, 0.2) is 6.54 Å². The molecule has 1 saturated heterocycles. The van der Waals surface area contributed by atoms with Crippen molar-refractivity contribution in [2.24, 2.45) is 5.92 Å². The third-order valence-corrected chi connectivity index (χ3v) is 8.31. The second kappa shape index (κ2) is 8.93. The summed E-state index contributed by atoms with van der Waals surface area (Å²) in [6.07, 6.45) is 4.71. The zero-order valence-electron chi connectivity index (χ0n) is 17.3. The average molecular weight is 409 g/mol. The highest BCUT2D eigenvalue weighted by molar-refractivity contribution is 7.89. The number of benzene rings is 1. The Morgan fingerprint density at radius 1 is 1.18 bits per heavy atom. The molecule has 2 atom stereocenters. The maximum absolute atomic E-state index is 13.0. The molecule has 0 spiro atoms. The first-order valence-electron chi connectivity index (χ1n) is 10.5. The minimum atomic E-state index is -3.47. The minimum absolute atomic E-state index is 0.0967. The number of nitrogens with one attached hydrogen (secondary N) is 2. The Hall–Kier alpha value is -1.44.